The summed E-state index contributed by atoms with van der Waals surface area (Å²) in [5, 5.41) is 4.09. The van der Waals surface area contributed by atoms with Crippen molar-refractivity contribution < 1.29 is 13.9 Å². The number of benzene rings is 2. The number of nitrogens with zero attached hydrogens (tertiary/aromatic N) is 2. The fraction of sp³-hybridized carbons (Fsp3) is 0.150. The summed E-state index contributed by atoms with van der Waals surface area (Å²) in [4.78, 5) is 22.0. The van der Waals surface area contributed by atoms with Gasteiger partial charge in [0.05, 0.1) is 15.9 Å². The second kappa shape index (κ2) is 7.65. The van der Waals surface area contributed by atoms with Gasteiger partial charge < -0.3 is 4.74 Å². The number of carbonyl (C=O) groups is 1. The first-order valence-corrected chi connectivity index (χ1v) is 10.1. The molecule has 0 aliphatic rings. The highest BCUT2D eigenvalue weighted by atomic mass is 32.1. The molecule has 0 saturated carbocycles. The number of carbonyl (C=O) groups excluding carboxylic acids is 1. The Morgan fingerprint density at radius 3 is 2.68 bits per heavy atom. The van der Waals surface area contributed by atoms with Crippen LogP contribution in [0.5, 0.6) is 5.75 Å². The third-order valence-electron chi connectivity index (χ3n) is 3.99. The molecule has 5 nitrogen and oxygen atoms in total. The Labute approximate surface area is 168 Å². The second-order valence-electron chi connectivity index (χ2n) is 6.21. The summed E-state index contributed by atoms with van der Waals surface area (Å²) >= 11 is 2.71. The van der Waals surface area contributed by atoms with Crippen molar-refractivity contribution in [3.05, 3.63) is 69.4 Å². The number of nitrogens with one attached hydrogen (secondary N) is 1. The maximum absolute atomic E-state index is 12.9. The van der Waals surface area contributed by atoms with Crippen molar-refractivity contribution in [2.24, 2.45) is 0 Å². The molecule has 4 rings (SSSR count). The molecular formula is C20H16FN3O2S2. The van der Waals surface area contributed by atoms with E-state index in [2.05, 4.69) is 15.3 Å². The van der Waals surface area contributed by atoms with E-state index in [0.29, 0.717) is 26.5 Å². The van der Waals surface area contributed by atoms with E-state index < -0.39 is 0 Å². The molecule has 0 saturated heterocycles. The number of rotatable bonds is 5. The van der Waals surface area contributed by atoms with Crippen molar-refractivity contribution in [1.29, 1.82) is 0 Å². The number of aromatic nitrogens is 2. The summed E-state index contributed by atoms with van der Waals surface area (Å²) in [5.41, 5.74) is 2.65. The van der Waals surface area contributed by atoms with Gasteiger partial charge in [-0.05, 0) is 55.8 Å². The van der Waals surface area contributed by atoms with Gasteiger partial charge in [0.1, 0.15) is 28.1 Å². The molecule has 0 spiro atoms. The Hall–Kier alpha value is -2.84. The standard InChI is InChI=1S/C20H16FN3O2S2/c1-11-3-8-15-16(9-11)27-20(23-15)24-19(25)18-12(2)22-17(28-18)10-26-14-6-4-13(21)5-7-14/h3-9H,10H2,1-2H3,(H,23,24,25). The molecule has 0 bridgehead atoms. The molecule has 4 aromatic rings. The number of aryl methyl sites for hydroxylation is 2. The van der Waals surface area contributed by atoms with Crippen molar-refractivity contribution in [2.75, 3.05) is 5.32 Å². The molecule has 0 unspecified atom stereocenters. The van der Waals surface area contributed by atoms with E-state index in [4.69, 9.17) is 4.74 Å². The van der Waals surface area contributed by atoms with E-state index in [1.165, 1.54) is 34.8 Å². The number of halogens is 1. The fourth-order valence-electron chi connectivity index (χ4n) is 2.64. The van der Waals surface area contributed by atoms with Crippen LogP contribution in [0.2, 0.25) is 0 Å². The van der Waals surface area contributed by atoms with Gasteiger partial charge in [-0.15, -0.1) is 11.3 Å². The summed E-state index contributed by atoms with van der Waals surface area (Å²) in [7, 11) is 0. The summed E-state index contributed by atoms with van der Waals surface area (Å²) in [6.45, 7) is 4.02. The van der Waals surface area contributed by atoms with E-state index in [-0.39, 0.29) is 18.3 Å². The molecule has 0 radical (unpaired) electrons. The summed E-state index contributed by atoms with van der Waals surface area (Å²) in [5.74, 6) is -0.00903. The zero-order valence-corrected chi connectivity index (χ0v) is 16.8. The molecule has 8 heteroatoms. The molecule has 2 heterocycles. The Morgan fingerprint density at radius 1 is 1.11 bits per heavy atom. The van der Waals surface area contributed by atoms with E-state index in [0.717, 1.165) is 15.8 Å². The normalized spacial score (nSPS) is 11.0. The Morgan fingerprint density at radius 2 is 1.89 bits per heavy atom. The molecule has 0 atom stereocenters. The van der Waals surface area contributed by atoms with Gasteiger partial charge >= 0.3 is 0 Å². The van der Waals surface area contributed by atoms with Crippen LogP contribution in [-0.2, 0) is 6.61 Å². The van der Waals surface area contributed by atoms with E-state index in [9.17, 15) is 9.18 Å². The van der Waals surface area contributed by atoms with Gasteiger partial charge in [0.15, 0.2) is 5.13 Å². The van der Waals surface area contributed by atoms with Crippen LogP contribution < -0.4 is 10.1 Å². The molecule has 2 aromatic carbocycles. The first kappa shape index (κ1) is 18.5. The van der Waals surface area contributed by atoms with Crippen LogP contribution in [-0.4, -0.2) is 15.9 Å². The number of thiazole rings is 2. The molecule has 0 fully saturated rings. The monoisotopic (exact) mass is 413 g/mol. The van der Waals surface area contributed by atoms with Gasteiger partial charge in [-0.1, -0.05) is 17.4 Å². The molecule has 0 aliphatic carbocycles. The average Bonchev–Trinajstić information content (AvgIpc) is 3.23. The molecular weight excluding hydrogens is 397 g/mol. The highest BCUT2D eigenvalue weighted by Gasteiger charge is 2.17. The van der Waals surface area contributed by atoms with Gasteiger partial charge in [0.2, 0.25) is 0 Å². The lowest BCUT2D eigenvalue weighted by molar-refractivity contribution is 0.103. The van der Waals surface area contributed by atoms with Crippen molar-refractivity contribution in [2.45, 2.75) is 20.5 Å². The van der Waals surface area contributed by atoms with Gasteiger partial charge in [-0.3, -0.25) is 10.1 Å². The maximum Gasteiger partial charge on any atom is 0.269 e. The number of amides is 1. The van der Waals surface area contributed by atoms with Crippen LogP contribution in [0.15, 0.2) is 42.5 Å². The molecule has 2 aromatic heterocycles. The quantitative estimate of drug-likeness (QED) is 0.480. The number of hydrogen-bond donors (Lipinski definition) is 1. The van der Waals surface area contributed by atoms with Crippen LogP contribution >= 0.6 is 22.7 Å². The second-order valence-corrected chi connectivity index (χ2v) is 8.32. The minimum atomic E-state index is -0.318. The van der Waals surface area contributed by atoms with Gasteiger partial charge in [0, 0.05) is 0 Å². The van der Waals surface area contributed by atoms with Crippen LogP contribution in [0.1, 0.15) is 25.9 Å². The number of fused-ring (bicyclic) bond motifs is 1. The lowest BCUT2D eigenvalue weighted by Crippen LogP contribution is -2.11. The van der Waals surface area contributed by atoms with Gasteiger partial charge in [0.25, 0.3) is 5.91 Å². The number of anilines is 1. The zero-order valence-electron chi connectivity index (χ0n) is 15.2. The number of ether oxygens (including phenoxy) is 1. The van der Waals surface area contributed by atoms with Gasteiger partial charge in [-0.25, -0.2) is 14.4 Å². The van der Waals surface area contributed by atoms with E-state index >= 15 is 0 Å². The largest absolute Gasteiger partial charge is 0.486 e. The van der Waals surface area contributed by atoms with Crippen LogP contribution in [0.3, 0.4) is 0 Å². The predicted molar refractivity (Wildman–Crippen MR) is 110 cm³/mol. The molecule has 0 aliphatic heterocycles. The first-order valence-electron chi connectivity index (χ1n) is 8.51. The summed E-state index contributed by atoms with van der Waals surface area (Å²) in [6.07, 6.45) is 0. The Bertz CT molecular complexity index is 1150. The lowest BCUT2D eigenvalue weighted by atomic mass is 10.2. The molecule has 1 N–H and O–H groups in total. The van der Waals surface area contributed by atoms with Crippen LogP contribution in [0.4, 0.5) is 9.52 Å². The number of hydrogen-bond acceptors (Lipinski definition) is 6. The minimum Gasteiger partial charge on any atom is -0.486 e. The maximum atomic E-state index is 12.9. The van der Waals surface area contributed by atoms with Gasteiger partial charge in [-0.2, -0.15) is 0 Å². The Balaban J connectivity index is 1.45. The zero-order chi connectivity index (χ0) is 19.7. The summed E-state index contributed by atoms with van der Waals surface area (Å²) in [6, 6.07) is 11.8. The Kier molecular flexibility index (Phi) is 5.06. The topological polar surface area (TPSA) is 64.1 Å². The first-order chi connectivity index (χ1) is 13.5. The molecule has 28 heavy (non-hydrogen) atoms. The fourth-order valence-corrected chi connectivity index (χ4v) is 4.47. The minimum absolute atomic E-state index is 0.213. The third-order valence-corrected chi connectivity index (χ3v) is 6.05. The van der Waals surface area contributed by atoms with Crippen molar-refractivity contribution in [3.63, 3.8) is 0 Å². The van der Waals surface area contributed by atoms with E-state index in [1.807, 2.05) is 25.1 Å². The average molecular weight is 413 g/mol. The molecule has 142 valence electrons. The summed E-state index contributed by atoms with van der Waals surface area (Å²) < 4.78 is 19.6. The highest BCUT2D eigenvalue weighted by Crippen LogP contribution is 2.28. The SMILES string of the molecule is Cc1ccc2nc(NC(=O)c3sc(COc4ccc(F)cc4)nc3C)sc2c1. The van der Waals surface area contributed by atoms with Crippen molar-refractivity contribution in [1.82, 2.24) is 9.97 Å². The lowest BCUT2D eigenvalue weighted by Gasteiger charge is -2.03. The smallest absolute Gasteiger partial charge is 0.269 e. The van der Waals surface area contributed by atoms with Crippen molar-refractivity contribution in [3.8, 4) is 5.75 Å². The highest BCUT2D eigenvalue weighted by molar-refractivity contribution is 7.22. The molecule has 1 amide bonds. The van der Waals surface area contributed by atoms with Crippen LogP contribution in [0, 0.1) is 19.7 Å². The van der Waals surface area contributed by atoms with Crippen LogP contribution in [0.25, 0.3) is 10.2 Å². The predicted octanol–water partition coefficient (Wildman–Crippen LogP) is 5.34. The van der Waals surface area contributed by atoms with Crippen molar-refractivity contribution >= 4 is 43.9 Å². The third kappa shape index (κ3) is 4.02. The van der Waals surface area contributed by atoms with E-state index in [1.54, 1.807) is 19.1 Å².